The minimum Gasteiger partial charge on any atom is -0.399 e. The van der Waals surface area contributed by atoms with Crippen LogP contribution in [0.2, 0.25) is 0 Å². The minimum atomic E-state index is -4.12. The van der Waals surface area contributed by atoms with Gasteiger partial charge in [0.15, 0.2) is 0 Å². The van der Waals surface area contributed by atoms with Crippen molar-refractivity contribution in [3.05, 3.63) is 23.8 Å². The van der Waals surface area contributed by atoms with Gasteiger partial charge < -0.3 is 5.73 Å². The second-order valence-corrected chi connectivity index (χ2v) is 4.51. The Labute approximate surface area is 83.5 Å². The summed E-state index contributed by atoms with van der Waals surface area (Å²) in [6.45, 7) is 1.97. The number of nitrogens with two attached hydrogens (primary N) is 1. The highest BCUT2D eigenvalue weighted by atomic mass is 32.2. The van der Waals surface area contributed by atoms with Gasteiger partial charge in [0.05, 0.1) is 4.90 Å². The quantitative estimate of drug-likeness (QED) is 0.591. The molecule has 0 aliphatic rings. The van der Waals surface area contributed by atoms with E-state index >= 15 is 0 Å². The average molecular weight is 215 g/mol. The highest BCUT2D eigenvalue weighted by Gasteiger charge is 2.10. The van der Waals surface area contributed by atoms with Crippen LogP contribution < -0.4 is 5.73 Å². The summed E-state index contributed by atoms with van der Waals surface area (Å²) in [5, 5.41) is 0. The largest absolute Gasteiger partial charge is 0.399 e. The van der Waals surface area contributed by atoms with Crippen molar-refractivity contribution < 1.29 is 13.0 Å². The van der Waals surface area contributed by atoms with Gasteiger partial charge >= 0.3 is 0 Å². The lowest BCUT2D eigenvalue weighted by molar-refractivity contribution is 0.483. The standard InChI is InChI=1S/C9H13NO3S/c1-2-3-7-6-8(14(11,12)13)4-5-9(7)10/h4-6H,2-3,10H2,1H3,(H,11,12,13). The van der Waals surface area contributed by atoms with E-state index in [-0.39, 0.29) is 4.90 Å². The summed E-state index contributed by atoms with van der Waals surface area (Å²) >= 11 is 0. The van der Waals surface area contributed by atoms with Crippen LogP contribution in [0.4, 0.5) is 5.69 Å². The summed E-state index contributed by atoms with van der Waals surface area (Å²) < 4.78 is 30.4. The maximum atomic E-state index is 10.8. The van der Waals surface area contributed by atoms with Gasteiger partial charge in [0, 0.05) is 5.69 Å². The third-order valence-corrected chi connectivity index (χ3v) is 2.78. The van der Waals surface area contributed by atoms with Gasteiger partial charge in [-0.1, -0.05) is 13.3 Å². The lowest BCUT2D eigenvalue weighted by Gasteiger charge is -2.05. The van der Waals surface area contributed by atoms with E-state index in [4.69, 9.17) is 10.3 Å². The maximum Gasteiger partial charge on any atom is 0.294 e. The molecule has 0 spiro atoms. The number of anilines is 1. The van der Waals surface area contributed by atoms with Gasteiger partial charge in [0.25, 0.3) is 10.1 Å². The van der Waals surface area contributed by atoms with Crippen LogP contribution in [0, 0.1) is 0 Å². The normalized spacial score (nSPS) is 11.6. The lowest BCUT2D eigenvalue weighted by atomic mass is 10.1. The molecule has 4 nitrogen and oxygen atoms in total. The fraction of sp³-hybridized carbons (Fsp3) is 0.333. The fourth-order valence-electron chi connectivity index (χ4n) is 1.23. The number of aryl methyl sites for hydroxylation is 1. The maximum absolute atomic E-state index is 10.8. The van der Waals surface area contributed by atoms with Crippen LogP contribution in [0.5, 0.6) is 0 Å². The Morgan fingerprint density at radius 1 is 1.43 bits per heavy atom. The zero-order valence-corrected chi connectivity index (χ0v) is 8.71. The summed E-state index contributed by atoms with van der Waals surface area (Å²) in [4.78, 5) is -0.102. The first-order valence-electron chi connectivity index (χ1n) is 4.31. The van der Waals surface area contributed by atoms with Crippen LogP contribution in [0.3, 0.4) is 0 Å². The fourth-order valence-corrected chi connectivity index (χ4v) is 1.76. The van der Waals surface area contributed by atoms with Crippen LogP contribution in [-0.4, -0.2) is 13.0 Å². The van der Waals surface area contributed by atoms with Crippen molar-refractivity contribution in [2.75, 3.05) is 5.73 Å². The van der Waals surface area contributed by atoms with Crippen LogP contribution >= 0.6 is 0 Å². The van der Waals surface area contributed by atoms with E-state index in [1.807, 2.05) is 6.92 Å². The summed E-state index contributed by atoms with van der Waals surface area (Å²) in [5.74, 6) is 0. The number of benzene rings is 1. The van der Waals surface area contributed by atoms with Gasteiger partial charge in [0.2, 0.25) is 0 Å². The Hall–Kier alpha value is -1.07. The summed E-state index contributed by atoms with van der Waals surface area (Å²) in [6.07, 6.45) is 1.58. The SMILES string of the molecule is CCCc1cc(S(=O)(=O)O)ccc1N. The molecule has 0 fully saturated rings. The first kappa shape index (κ1) is 11.0. The molecule has 1 rings (SSSR count). The third-order valence-electron chi connectivity index (χ3n) is 1.93. The molecule has 0 saturated carbocycles. The van der Waals surface area contributed by atoms with E-state index in [1.165, 1.54) is 18.2 Å². The van der Waals surface area contributed by atoms with E-state index < -0.39 is 10.1 Å². The predicted molar refractivity (Wildman–Crippen MR) is 54.7 cm³/mol. The molecule has 0 atom stereocenters. The van der Waals surface area contributed by atoms with Crippen LogP contribution in [0.15, 0.2) is 23.1 Å². The van der Waals surface area contributed by atoms with Crippen LogP contribution in [0.25, 0.3) is 0 Å². The van der Waals surface area contributed by atoms with Crippen molar-refractivity contribution in [1.82, 2.24) is 0 Å². The van der Waals surface area contributed by atoms with Gasteiger partial charge in [-0.3, -0.25) is 4.55 Å². The van der Waals surface area contributed by atoms with Crippen LogP contribution in [-0.2, 0) is 16.5 Å². The average Bonchev–Trinajstić information content (AvgIpc) is 2.07. The number of nitrogen functional groups attached to an aromatic ring is 1. The Bertz CT molecular complexity index is 426. The molecule has 0 saturated heterocycles. The molecule has 78 valence electrons. The summed E-state index contributed by atoms with van der Waals surface area (Å²) in [5.41, 5.74) is 6.95. The summed E-state index contributed by atoms with van der Waals surface area (Å²) in [6, 6.07) is 4.20. The third kappa shape index (κ3) is 2.46. The van der Waals surface area contributed by atoms with E-state index in [0.29, 0.717) is 12.1 Å². The molecule has 0 heterocycles. The molecule has 0 aromatic heterocycles. The van der Waals surface area contributed by atoms with E-state index in [0.717, 1.165) is 12.0 Å². The Morgan fingerprint density at radius 3 is 2.57 bits per heavy atom. The topological polar surface area (TPSA) is 80.4 Å². The van der Waals surface area contributed by atoms with Crippen molar-refractivity contribution in [2.24, 2.45) is 0 Å². The van der Waals surface area contributed by atoms with E-state index in [2.05, 4.69) is 0 Å². The van der Waals surface area contributed by atoms with Gasteiger partial charge in [-0.2, -0.15) is 8.42 Å². The van der Waals surface area contributed by atoms with Crippen molar-refractivity contribution in [3.63, 3.8) is 0 Å². The highest BCUT2D eigenvalue weighted by molar-refractivity contribution is 7.85. The van der Waals surface area contributed by atoms with Gasteiger partial charge in [0.1, 0.15) is 0 Å². The van der Waals surface area contributed by atoms with Gasteiger partial charge in [-0.15, -0.1) is 0 Å². The van der Waals surface area contributed by atoms with E-state index in [9.17, 15) is 8.42 Å². The molecule has 0 radical (unpaired) electrons. The molecular formula is C9H13NO3S. The molecular weight excluding hydrogens is 202 g/mol. The molecule has 3 N–H and O–H groups in total. The van der Waals surface area contributed by atoms with Gasteiger partial charge in [-0.05, 0) is 30.2 Å². The summed E-state index contributed by atoms with van der Waals surface area (Å²) in [7, 11) is -4.12. The highest BCUT2D eigenvalue weighted by Crippen LogP contribution is 2.18. The van der Waals surface area contributed by atoms with Crippen LogP contribution in [0.1, 0.15) is 18.9 Å². The zero-order valence-electron chi connectivity index (χ0n) is 7.90. The Morgan fingerprint density at radius 2 is 2.07 bits per heavy atom. The molecule has 0 aliphatic heterocycles. The second kappa shape index (κ2) is 3.98. The molecule has 1 aromatic carbocycles. The number of hydrogen-bond donors (Lipinski definition) is 2. The van der Waals surface area contributed by atoms with Crippen molar-refractivity contribution in [1.29, 1.82) is 0 Å². The molecule has 14 heavy (non-hydrogen) atoms. The van der Waals surface area contributed by atoms with Crippen molar-refractivity contribution in [2.45, 2.75) is 24.7 Å². The first-order valence-corrected chi connectivity index (χ1v) is 5.75. The lowest BCUT2D eigenvalue weighted by Crippen LogP contribution is -2.01. The molecule has 0 aliphatic carbocycles. The number of rotatable bonds is 3. The first-order chi connectivity index (χ1) is 6.45. The van der Waals surface area contributed by atoms with E-state index in [1.54, 1.807) is 0 Å². The molecule has 0 bridgehead atoms. The molecule has 5 heteroatoms. The molecule has 0 amide bonds. The van der Waals surface area contributed by atoms with Crippen molar-refractivity contribution >= 4 is 15.8 Å². The van der Waals surface area contributed by atoms with Crippen molar-refractivity contribution in [3.8, 4) is 0 Å². The molecule has 0 unspecified atom stereocenters. The van der Waals surface area contributed by atoms with Gasteiger partial charge in [-0.25, -0.2) is 0 Å². The zero-order chi connectivity index (χ0) is 10.8. The monoisotopic (exact) mass is 215 g/mol. The Balaban J connectivity index is 3.20. The minimum absolute atomic E-state index is 0.102. The Kier molecular flexibility index (Phi) is 3.13. The number of hydrogen-bond acceptors (Lipinski definition) is 3. The molecule has 1 aromatic rings. The smallest absolute Gasteiger partial charge is 0.294 e. The predicted octanol–water partition coefficient (Wildman–Crippen LogP) is 1.47. The second-order valence-electron chi connectivity index (χ2n) is 3.09.